The number of carbonyl (C=O) groups excluding carboxylic acids is 2. The van der Waals surface area contributed by atoms with Crippen LogP contribution in [0.25, 0.3) is 0 Å². The van der Waals surface area contributed by atoms with E-state index in [4.69, 9.17) is 10.8 Å². The lowest BCUT2D eigenvalue weighted by Gasteiger charge is -2.16. The topological polar surface area (TPSA) is 122 Å². The Morgan fingerprint density at radius 3 is 2.16 bits per heavy atom. The Hall–Kier alpha value is -1.63. The molecular formula is C12H23N3O4. The maximum atomic E-state index is 11.6. The lowest BCUT2D eigenvalue weighted by atomic mass is 9.94. The number of carboxylic acids is 1. The maximum absolute atomic E-state index is 11.6. The first-order chi connectivity index (χ1) is 8.85. The van der Waals surface area contributed by atoms with Crippen LogP contribution in [0.15, 0.2) is 0 Å². The van der Waals surface area contributed by atoms with Gasteiger partial charge in [0.2, 0.25) is 11.8 Å². The average molecular weight is 273 g/mol. The van der Waals surface area contributed by atoms with Crippen LogP contribution < -0.4 is 16.4 Å². The first-order valence-corrected chi connectivity index (χ1v) is 6.30. The molecule has 0 rings (SSSR count). The van der Waals surface area contributed by atoms with Crippen molar-refractivity contribution < 1.29 is 19.5 Å². The lowest BCUT2D eigenvalue weighted by Crippen LogP contribution is -2.39. The van der Waals surface area contributed by atoms with Gasteiger partial charge in [-0.05, 0) is 24.8 Å². The van der Waals surface area contributed by atoms with Gasteiger partial charge in [-0.15, -0.1) is 0 Å². The van der Waals surface area contributed by atoms with Gasteiger partial charge >= 0.3 is 5.97 Å². The maximum Gasteiger partial charge on any atom is 0.322 e. The summed E-state index contributed by atoms with van der Waals surface area (Å²) in [5, 5.41) is 13.0. The van der Waals surface area contributed by atoms with Crippen molar-refractivity contribution >= 4 is 17.8 Å². The van der Waals surface area contributed by atoms with E-state index in [-0.39, 0.29) is 24.8 Å². The minimum absolute atomic E-state index is 0.0991. The zero-order valence-corrected chi connectivity index (χ0v) is 11.4. The number of nitrogens with two attached hydrogens (primary N) is 1. The Kier molecular flexibility index (Phi) is 8.52. The Balaban J connectivity index is 3.90. The van der Waals surface area contributed by atoms with Crippen LogP contribution in [-0.2, 0) is 14.4 Å². The zero-order chi connectivity index (χ0) is 14.8. The summed E-state index contributed by atoms with van der Waals surface area (Å²) in [7, 11) is 0. The molecule has 0 saturated carbocycles. The van der Waals surface area contributed by atoms with Crippen molar-refractivity contribution in [3.63, 3.8) is 0 Å². The summed E-state index contributed by atoms with van der Waals surface area (Å²) in [6.45, 7) is 3.87. The minimum atomic E-state index is -1.13. The summed E-state index contributed by atoms with van der Waals surface area (Å²) in [4.78, 5) is 33.0. The van der Waals surface area contributed by atoms with Gasteiger partial charge in [0.25, 0.3) is 0 Å². The van der Waals surface area contributed by atoms with Crippen LogP contribution in [0, 0.1) is 11.8 Å². The number of amides is 2. The van der Waals surface area contributed by atoms with Crippen molar-refractivity contribution in [2.24, 2.45) is 17.6 Å². The first-order valence-electron chi connectivity index (χ1n) is 6.30. The molecule has 0 saturated heterocycles. The molecule has 2 amide bonds. The molecule has 0 radical (unpaired) electrons. The van der Waals surface area contributed by atoms with Crippen molar-refractivity contribution in [1.82, 2.24) is 10.6 Å². The third-order valence-electron chi connectivity index (χ3n) is 2.50. The number of aliphatic carboxylic acids is 1. The highest BCUT2D eigenvalue weighted by Crippen LogP contribution is 2.13. The molecule has 0 aliphatic rings. The number of rotatable bonds is 9. The van der Waals surface area contributed by atoms with Gasteiger partial charge in [0, 0.05) is 6.42 Å². The molecule has 0 heterocycles. The van der Waals surface area contributed by atoms with E-state index in [1.807, 2.05) is 0 Å². The second kappa shape index (κ2) is 9.32. The van der Waals surface area contributed by atoms with Crippen LogP contribution in [0.3, 0.4) is 0 Å². The number of nitrogens with one attached hydrogen (secondary N) is 2. The van der Waals surface area contributed by atoms with Gasteiger partial charge in [-0.25, -0.2) is 0 Å². The second-order valence-corrected chi connectivity index (χ2v) is 4.88. The highest BCUT2D eigenvalue weighted by Gasteiger charge is 2.14. The number of carbonyl (C=O) groups is 3. The van der Waals surface area contributed by atoms with E-state index in [1.165, 1.54) is 0 Å². The molecule has 0 unspecified atom stereocenters. The average Bonchev–Trinajstić information content (AvgIpc) is 2.32. The molecule has 7 heteroatoms. The summed E-state index contributed by atoms with van der Waals surface area (Å²) >= 11 is 0. The fourth-order valence-electron chi connectivity index (χ4n) is 1.68. The van der Waals surface area contributed by atoms with Crippen molar-refractivity contribution in [3.05, 3.63) is 0 Å². The van der Waals surface area contributed by atoms with E-state index in [9.17, 15) is 14.4 Å². The summed E-state index contributed by atoms with van der Waals surface area (Å²) in [5.41, 5.74) is 5.58. The van der Waals surface area contributed by atoms with E-state index in [1.54, 1.807) is 0 Å². The van der Waals surface area contributed by atoms with E-state index in [0.29, 0.717) is 12.5 Å². The SMILES string of the molecule is CC(C)C[C@H](CN)CC(=O)NCC(=O)NCC(=O)O. The van der Waals surface area contributed by atoms with Crippen molar-refractivity contribution in [2.45, 2.75) is 26.7 Å². The predicted octanol–water partition coefficient (Wildman–Crippen LogP) is -0.685. The third kappa shape index (κ3) is 10.0. The number of carboxylic acid groups (broad SMARTS) is 1. The van der Waals surface area contributed by atoms with Crippen LogP contribution in [0.4, 0.5) is 0 Å². The van der Waals surface area contributed by atoms with Crippen molar-refractivity contribution in [3.8, 4) is 0 Å². The Bertz CT molecular complexity index is 318. The monoisotopic (exact) mass is 273 g/mol. The fraction of sp³-hybridized carbons (Fsp3) is 0.750. The van der Waals surface area contributed by atoms with Crippen LogP contribution in [0.2, 0.25) is 0 Å². The largest absolute Gasteiger partial charge is 0.480 e. The predicted molar refractivity (Wildman–Crippen MR) is 70.3 cm³/mol. The number of hydrogen-bond donors (Lipinski definition) is 4. The molecule has 1 atom stereocenters. The standard InChI is InChI=1S/C12H23N3O4/c1-8(2)3-9(5-13)4-10(16)14-6-11(17)15-7-12(18)19/h8-9H,3-7,13H2,1-2H3,(H,14,16)(H,15,17)(H,18,19)/t9-/m0/s1. The first kappa shape index (κ1) is 17.4. The van der Waals surface area contributed by atoms with Gasteiger partial charge in [-0.3, -0.25) is 14.4 Å². The molecule has 5 N–H and O–H groups in total. The molecule has 0 aromatic rings. The van der Waals surface area contributed by atoms with Gasteiger partial charge in [-0.2, -0.15) is 0 Å². The molecule has 0 aromatic heterocycles. The van der Waals surface area contributed by atoms with Gasteiger partial charge in [0.15, 0.2) is 0 Å². The molecule has 110 valence electrons. The summed E-state index contributed by atoms with van der Waals surface area (Å²) in [6.07, 6.45) is 1.13. The minimum Gasteiger partial charge on any atom is -0.480 e. The molecule has 0 aromatic carbocycles. The highest BCUT2D eigenvalue weighted by molar-refractivity contribution is 5.86. The lowest BCUT2D eigenvalue weighted by molar-refractivity contribution is -0.137. The van der Waals surface area contributed by atoms with Gasteiger partial charge in [0.1, 0.15) is 6.54 Å². The van der Waals surface area contributed by atoms with E-state index in [2.05, 4.69) is 24.5 Å². The quantitative estimate of drug-likeness (QED) is 0.443. The molecule has 0 spiro atoms. The van der Waals surface area contributed by atoms with Crippen molar-refractivity contribution in [2.75, 3.05) is 19.6 Å². The normalized spacial score (nSPS) is 12.0. The Morgan fingerprint density at radius 2 is 1.68 bits per heavy atom. The molecule has 0 aliphatic carbocycles. The third-order valence-corrected chi connectivity index (χ3v) is 2.50. The molecule has 19 heavy (non-hydrogen) atoms. The van der Waals surface area contributed by atoms with Crippen molar-refractivity contribution in [1.29, 1.82) is 0 Å². The van der Waals surface area contributed by atoms with Gasteiger partial charge in [-0.1, -0.05) is 13.8 Å². The smallest absolute Gasteiger partial charge is 0.322 e. The molecule has 0 fully saturated rings. The Labute approximate surface area is 112 Å². The molecule has 0 aliphatic heterocycles. The summed E-state index contributed by atoms with van der Waals surface area (Å²) in [6, 6.07) is 0. The summed E-state index contributed by atoms with van der Waals surface area (Å²) in [5.74, 6) is -1.34. The molecule has 7 nitrogen and oxygen atoms in total. The van der Waals surface area contributed by atoms with E-state index in [0.717, 1.165) is 6.42 Å². The Morgan fingerprint density at radius 1 is 1.11 bits per heavy atom. The fourth-order valence-corrected chi connectivity index (χ4v) is 1.68. The van der Waals surface area contributed by atoms with Crippen LogP contribution in [0.5, 0.6) is 0 Å². The number of hydrogen-bond acceptors (Lipinski definition) is 4. The van der Waals surface area contributed by atoms with Crippen LogP contribution >= 0.6 is 0 Å². The molecular weight excluding hydrogens is 250 g/mol. The zero-order valence-electron chi connectivity index (χ0n) is 11.4. The van der Waals surface area contributed by atoms with E-state index >= 15 is 0 Å². The highest BCUT2D eigenvalue weighted by atomic mass is 16.4. The second-order valence-electron chi connectivity index (χ2n) is 4.88. The van der Waals surface area contributed by atoms with Gasteiger partial charge < -0.3 is 21.5 Å². The van der Waals surface area contributed by atoms with Crippen LogP contribution in [-0.4, -0.2) is 42.5 Å². The molecule has 0 bridgehead atoms. The summed E-state index contributed by atoms with van der Waals surface area (Å²) < 4.78 is 0. The van der Waals surface area contributed by atoms with Crippen LogP contribution in [0.1, 0.15) is 26.7 Å². The van der Waals surface area contributed by atoms with E-state index < -0.39 is 18.4 Å². The van der Waals surface area contributed by atoms with Gasteiger partial charge in [0.05, 0.1) is 6.54 Å².